The third-order valence-corrected chi connectivity index (χ3v) is 11.0. The number of ether oxygens (including phenoxy) is 1. The van der Waals surface area contributed by atoms with E-state index in [1.54, 1.807) is 6.07 Å². The highest BCUT2D eigenvalue weighted by molar-refractivity contribution is 14.1. The Balaban J connectivity index is 1.55. The number of hydrogen-bond acceptors (Lipinski definition) is 6. The van der Waals surface area contributed by atoms with E-state index in [1.165, 1.54) is 25.1 Å². The van der Waals surface area contributed by atoms with Gasteiger partial charge < -0.3 is 9.84 Å². The van der Waals surface area contributed by atoms with Gasteiger partial charge in [0.05, 0.1) is 27.9 Å². The summed E-state index contributed by atoms with van der Waals surface area (Å²) in [4.78, 5) is 57.8. The average molecular weight is 700 g/mol. The van der Waals surface area contributed by atoms with Crippen molar-refractivity contribution in [3.05, 3.63) is 111 Å². The summed E-state index contributed by atoms with van der Waals surface area (Å²) in [6.45, 7) is 0. The van der Waals surface area contributed by atoms with E-state index in [4.69, 9.17) is 4.74 Å². The van der Waals surface area contributed by atoms with Crippen molar-refractivity contribution >= 4 is 51.5 Å². The molecule has 1 N–H and O–H groups in total. The highest BCUT2D eigenvalue weighted by Crippen LogP contribution is 2.64. The monoisotopic (exact) mass is 699 g/mol. The summed E-state index contributed by atoms with van der Waals surface area (Å²) in [6.07, 6.45) is 4.16. The number of likely N-dealkylation sites (tertiary alicyclic amines) is 1. The molecule has 1 saturated carbocycles. The Hall–Kier alpha value is -4.05. The van der Waals surface area contributed by atoms with Crippen molar-refractivity contribution in [1.29, 1.82) is 0 Å². The molecule has 1 saturated heterocycles. The minimum atomic E-state index is -1.32. The summed E-state index contributed by atoms with van der Waals surface area (Å²) in [7, 11) is 3.00. The lowest BCUT2D eigenvalue weighted by Crippen LogP contribution is -2.58. The molecule has 2 fully saturated rings. The Bertz CT molecular complexity index is 1800. The largest absolute Gasteiger partial charge is 0.504 e. The standard InChI is InChI=1S/C36H30INO6/c1-38-34(42)23-14-13-22-25(30(23)35(38)43)17-26-32(40)24(19-9-5-3-6-10-19)18-29(39)36(26,21-11-7-4-8-12-21)31(22)20-15-27(37)33(41)28(16-20)44-2/h3-13,15-16,18,23,25-26,30-31,41H,14,17H2,1-2H3. The van der Waals surface area contributed by atoms with E-state index >= 15 is 0 Å². The van der Waals surface area contributed by atoms with Crippen LogP contribution in [0.15, 0.2) is 90.5 Å². The summed E-state index contributed by atoms with van der Waals surface area (Å²) in [5, 5.41) is 10.8. The summed E-state index contributed by atoms with van der Waals surface area (Å²) in [6, 6.07) is 22.2. The third-order valence-electron chi connectivity index (χ3n) is 10.2. The number of Topliss-reactive ketones (excluding diaryl/α,β-unsaturated/α-hetero) is 1. The lowest BCUT2D eigenvalue weighted by Gasteiger charge is -2.55. The number of allylic oxidation sites excluding steroid dienone is 4. The smallest absolute Gasteiger partial charge is 0.233 e. The van der Waals surface area contributed by atoms with Crippen LogP contribution >= 0.6 is 22.6 Å². The van der Waals surface area contributed by atoms with Crippen LogP contribution in [0.3, 0.4) is 0 Å². The normalized spacial score (nSPS) is 29.4. The third kappa shape index (κ3) is 3.92. The number of benzene rings is 3. The molecule has 7 rings (SSSR count). The number of ketones is 2. The van der Waals surface area contributed by atoms with Crippen LogP contribution in [0.2, 0.25) is 0 Å². The Labute approximate surface area is 268 Å². The first-order chi connectivity index (χ1) is 21.2. The predicted octanol–water partition coefficient (Wildman–Crippen LogP) is 5.46. The van der Waals surface area contributed by atoms with Crippen molar-refractivity contribution < 1.29 is 29.0 Å². The summed E-state index contributed by atoms with van der Waals surface area (Å²) < 4.78 is 6.10. The van der Waals surface area contributed by atoms with Gasteiger partial charge >= 0.3 is 0 Å². The number of halogens is 1. The van der Waals surface area contributed by atoms with Crippen LogP contribution in [0.25, 0.3) is 5.57 Å². The number of phenols is 1. The minimum absolute atomic E-state index is 0.0114. The van der Waals surface area contributed by atoms with E-state index in [0.29, 0.717) is 32.3 Å². The molecule has 44 heavy (non-hydrogen) atoms. The van der Waals surface area contributed by atoms with Crippen LogP contribution in [0.5, 0.6) is 11.5 Å². The number of methoxy groups -OCH3 is 1. The van der Waals surface area contributed by atoms with Gasteiger partial charge in [0.15, 0.2) is 23.1 Å². The van der Waals surface area contributed by atoms with E-state index in [2.05, 4.69) is 0 Å². The number of nitrogens with zero attached hydrogens (tertiary/aromatic N) is 1. The number of amides is 2. The molecule has 1 heterocycles. The van der Waals surface area contributed by atoms with E-state index in [9.17, 15) is 24.3 Å². The second-order valence-electron chi connectivity index (χ2n) is 12.1. The number of aromatic hydroxyl groups is 1. The number of phenolic OH excluding ortho intramolecular Hbond substituents is 1. The van der Waals surface area contributed by atoms with Gasteiger partial charge in [0.1, 0.15) is 0 Å². The van der Waals surface area contributed by atoms with Gasteiger partial charge in [-0.05, 0) is 76.2 Å². The maximum atomic E-state index is 15.0. The van der Waals surface area contributed by atoms with Crippen LogP contribution in [-0.2, 0) is 24.6 Å². The van der Waals surface area contributed by atoms with Crippen molar-refractivity contribution in [2.75, 3.05) is 14.2 Å². The fourth-order valence-corrected chi connectivity index (χ4v) is 8.95. The summed E-state index contributed by atoms with van der Waals surface area (Å²) >= 11 is 2.04. The van der Waals surface area contributed by atoms with Crippen molar-refractivity contribution in [3.63, 3.8) is 0 Å². The predicted molar refractivity (Wildman–Crippen MR) is 172 cm³/mol. The van der Waals surface area contributed by atoms with E-state index in [0.717, 1.165) is 5.57 Å². The average Bonchev–Trinajstić information content (AvgIpc) is 3.27. The van der Waals surface area contributed by atoms with Crippen molar-refractivity contribution in [2.45, 2.75) is 24.2 Å². The highest BCUT2D eigenvalue weighted by Gasteiger charge is 2.65. The van der Waals surface area contributed by atoms with Crippen LogP contribution in [0.4, 0.5) is 0 Å². The molecular weight excluding hydrogens is 669 g/mol. The van der Waals surface area contributed by atoms with Gasteiger partial charge in [-0.2, -0.15) is 0 Å². The first-order valence-corrected chi connectivity index (χ1v) is 15.8. The zero-order valence-corrected chi connectivity index (χ0v) is 26.4. The second kappa shape index (κ2) is 10.5. The minimum Gasteiger partial charge on any atom is -0.504 e. The molecule has 3 aromatic carbocycles. The molecule has 0 radical (unpaired) electrons. The quantitative estimate of drug-likeness (QED) is 0.221. The lowest BCUT2D eigenvalue weighted by molar-refractivity contribution is -0.139. The molecule has 8 heteroatoms. The molecule has 3 aromatic rings. The van der Waals surface area contributed by atoms with Crippen LogP contribution in [-0.4, -0.2) is 47.5 Å². The van der Waals surface area contributed by atoms with Gasteiger partial charge in [-0.15, -0.1) is 0 Å². The number of fused-ring (bicyclic) bond motifs is 4. The van der Waals surface area contributed by atoms with E-state index < -0.39 is 35.0 Å². The molecular formula is C36H30INO6. The Kier molecular flexibility index (Phi) is 6.88. The van der Waals surface area contributed by atoms with Gasteiger partial charge in [0.2, 0.25) is 11.8 Å². The van der Waals surface area contributed by atoms with Gasteiger partial charge in [-0.1, -0.05) is 72.3 Å². The van der Waals surface area contributed by atoms with Crippen LogP contribution < -0.4 is 4.74 Å². The molecule has 0 bridgehead atoms. The second-order valence-corrected chi connectivity index (χ2v) is 13.2. The number of carbonyl (C=O) groups is 4. The maximum Gasteiger partial charge on any atom is 0.233 e. The number of carbonyl (C=O) groups excluding carboxylic acids is 4. The zero-order valence-electron chi connectivity index (χ0n) is 24.2. The summed E-state index contributed by atoms with van der Waals surface area (Å²) in [5.74, 6) is -3.56. The fourth-order valence-electron chi connectivity index (χ4n) is 8.32. The summed E-state index contributed by atoms with van der Waals surface area (Å²) in [5.41, 5.74) is 1.99. The van der Waals surface area contributed by atoms with Gasteiger partial charge in [0, 0.05) is 24.5 Å². The van der Waals surface area contributed by atoms with Crippen LogP contribution in [0, 0.1) is 27.2 Å². The molecule has 2 amide bonds. The Morgan fingerprint density at radius 2 is 1.61 bits per heavy atom. The van der Waals surface area contributed by atoms with E-state index in [-0.39, 0.29) is 41.3 Å². The zero-order chi connectivity index (χ0) is 30.9. The number of imide groups is 1. The first kappa shape index (κ1) is 28.7. The lowest BCUT2D eigenvalue weighted by atomic mass is 9.44. The molecule has 1 aliphatic heterocycles. The number of hydrogen-bond donors (Lipinski definition) is 1. The van der Waals surface area contributed by atoms with Gasteiger partial charge in [-0.3, -0.25) is 24.1 Å². The first-order valence-electron chi connectivity index (χ1n) is 14.7. The fraction of sp³-hybridized carbons (Fsp3) is 0.278. The van der Waals surface area contributed by atoms with Crippen molar-refractivity contribution in [2.24, 2.45) is 23.7 Å². The molecule has 222 valence electrons. The molecule has 6 atom stereocenters. The van der Waals surface area contributed by atoms with Crippen LogP contribution in [0.1, 0.15) is 35.4 Å². The van der Waals surface area contributed by atoms with Gasteiger partial charge in [-0.25, -0.2) is 0 Å². The Morgan fingerprint density at radius 1 is 0.932 bits per heavy atom. The molecule has 4 aliphatic rings. The molecule has 0 spiro atoms. The van der Waals surface area contributed by atoms with E-state index in [1.807, 2.05) is 95.4 Å². The number of rotatable bonds is 4. The Morgan fingerprint density at radius 3 is 2.30 bits per heavy atom. The maximum absolute atomic E-state index is 15.0. The van der Waals surface area contributed by atoms with Gasteiger partial charge in [0.25, 0.3) is 0 Å². The molecule has 0 aromatic heterocycles. The highest BCUT2D eigenvalue weighted by atomic mass is 127. The topological polar surface area (TPSA) is 101 Å². The SMILES string of the molecule is COc1cc(C2C3=CCC4C(=O)N(C)C(=O)C4C3CC3C(=O)C(c4ccccc4)=CC(=O)C32c2ccccc2)cc(I)c1O. The van der Waals surface area contributed by atoms with Crippen molar-refractivity contribution in [1.82, 2.24) is 4.90 Å². The molecule has 3 aliphatic carbocycles. The molecule has 6 unspecified atom stereocenters. The van der Waals surface area contributed by atoms with Crippen molar-refractivity contribution in [3.8, 4) is 11.5 Å². The molecule has 7 nitrogen and oxygen atoms in total.